The van der Waals surface area contributed by atoms with E-state index < -0.39 is 5.60 Å². The van der Waals surface area contributed by atoms with Gasteiger partial charge in [0.25, 0.3) is 0 Å². The minimum atomic E-state index is -0.901. The molecule has 0 unspecified atom stereocenters. The van der Waals surface area contributed by atoms with Crippen molar-refractivity contribution in [2.45, 2.75) is 45.6 Å². The molecule has 4 nitrogen and oxygen atoms in total. The predicted octanol–water partition coefficient (Wildman–Crippen LogP) is 2.97. The van der Waals surface area contributed by atoms with E-state index in [-0.39, 0.29) is 23.7 Å². The van der Waals surface area contributed by atoms with Gasteiger partial charge >= 0.3 is 5.97 Å². The number of aromatic nitrogens is 1. The third kappa shape index (κ3) is 3.04. The van der Waals surface area contributed by atoms with E-state index >= 15 is 0 Å². The summed E-state index contributed by atoms with van der Waals surface area (Å²) in [7, 11) is 0. The Balaban J connectivity index is 2.04. The lowest BCUT2D eigenvalue weighted by atomic mass is 9.69. The van der Waals surface area contributed by atoms with Crippen LogP contribution in [0.1, 0.15) is 45.0 Å². The maximum absolute atomic E-state index is 11.9. The average Bonchev–Trinajstić information content (AvgIpc) is 2.93. The number of hydrogen-bond acceptors (Lipinski definition) is 5. The predicted molar refractivity (Wildman–Crippen MR) is 78.3 cm³/mol. The lowest BCUT2D eigenvalue weighted by Crippen LogP contribution is -2.39. The van der Waals surface area contributed by atoms with E-state index in [1.807, 2.05) is 19.2 Å². The number of thiazole rings is 1. The SMILES string of the molecule is CCOC(=O)[C@@H]1CC[C@H]([C@@](C)(O)c2nccs2)C[C@H]1C. The summed E-state index contributed by atoms with van der Waals surface area (Å²) in [6, 6.07) is 0. The summed E-state index contributed by atoms with van der Waals surface area (Å²) in [4.78, 5) is 16.1. The molecule has 2 rings (SSSR count). The fraction of sp³-hybridized carbons (Fsp3) is 0.733. The minimum absolute atomic E-state index is 0.0294. The number of nitrogens with zero attached hydrogens (tertiary/aromatic N) is 1. The number of aliphatic hydroxyl groups is 1. The molecule has 0 saturated heterocycles. The Kier molecular flexibility index (Phi) is 4.81. The Labute approximate surface area is 124 Å². The van der Waals surface area contributed by atoms with Crippen molar-refractivity contribution in [3.63, 3.8) is 0 Å². The molecular weight excluding hydrogens is 274 g/mol. The smallest absolute Gasteiger partial charge is 0.309 e. The van der Waals surface area contributed by atoms with Crippen molar-refractivity contribution in [3.05, 3.63) is 16.6 Å². The summed E-state index contributed by atoms with van der Waals surface area (Å²) in [5.74, 6) is 0.263. The Morgan fingerprint density at radius 2 is 2.35 bits per heavy atom. The van der Waals surface area contributed by atoms with Gasteiger partial charge in [-0.2, -0.15) is 0 Å². The molecule has 1 fully saturated rings. The summed E-state index contributed by atoms with van der Waals surface area (Å²) >= 11 is 1.49. The Hall–Kier alpha value is -0.940. The first-order valence-corrected chi connectivity index (χ1v) is 8.13. The molecule has 1 aromatic heterocycles. The van der Waals surface area contributed by atoms with Crippen molar-refractivity contribution in [1.29, 1.82) is 0 Å². The van der Waals surface area contributed by atoms with Crippen LogP contribution in [-0.4, -0.2) is 22.7 Å². The van der Waals surface area contributed by atoms with Crippen LogP contribution in [0.15, 0.2) is 11.6 Å². The van der Waals surface area contributed by atoms with E-state index in [4.69, 9.17) is 4.74 Å². The molecular formula is C15H23NO3S. The van der Waals surface area contributed by atoms with Gasteiger partial charge in [-0.1, -0.05) is 6.92 Å². The second-order valence-corrected chi connectivity index (χ2v) is 6.73. The standard InChI is InChI=1S/C15H23NO3S/c1-4-19-13(17)12-6-5-11(9-10(12)2)15(3,18)14-16-7-8-20-14/h7-8,10-12,18H,4-6,9H2,1-3H3/t10-,11+,12-,15-/m1/s1. The molecule has 20 heavy (non-hydrogen) atoms. The summed E-state index contributed by atoms with van der Waals surface area (Å²) in [5, 5.41) is 13.4. The maximum atomic E-state index is 11.9. The summed E-state index contributed by atoms with van der Waals surface area (Å²) in [5.41, 5.74) is -0.901. The van der Waals surface area contributed by atoms with Crippen LogP contribution >= 0.6 is 11.3 Å². The molecule has 112 valence electrons. The molecule has 1 aliphatic rings. The number of rotatable bonds is 4. The van der Waals surface area contributed by atoms with Crippen LogP contribution in [0, 0.1) is 17.8 Å². The minimum Gasteiger partial charge on any atom is -0.466 e. The van der Waals surface area contributed by atoms with Crippen LogP contribution in [0.5, 0.6) is 0 Å². The van der Waals surface area contributed by atoms with Gasteiger partial charge < -0.3 is 9.84 Å². The molecule has 4 atom stereocenters. The first-order valence-electron chi connectivity index (χ1n) is 7.25. The van der Waals surface area contributed by atoms with Crippen molar-refractivity contribution < 1.29 is 14.6 Å². The summed E-state index contributed by atoms with van der Waals surface area (Å²) in [6.45, 7) is 6.18. The topological polar surface area (TPSA) is 59.4 Å². The van der Waals surface area contributed by atoms with Crippen LogP contribution in [0.4, 0.5) is 0 Å². The van der Waals surface area contributed by atoms with Gasteiger partial charge in [-0.25, -0.2) is 4.98 Å². The van der Waals surface area contributed by atoms with Gasteiger partial charge in [0.15, 0.2) is 0 Å². The van der Waals surface area contributed by atoms with Crippen LogP contribution in [0.25, 0.3) is 0 Å². The second-order valence-electron chi connectivity index (χ2n) is 5.83. The normalized spacial score (nSPS) is 29.7. The lowest BCUT2D eigenvalue weighted by molar-refractivity contribution is -0.153. The highest BCUT2D eigenvalue weighted by Crippen LogP contribution is 2.44. The monoisotopic (exact) mass is 297 g/mol. The molecule has 1 saturated carbocycles. The van der Waals surface area contributed by atoms with Gasteiger partial charge in [-0.3, -0.25) is 4.79 Å². The molecule has 1 aromatic rings. The van der Waals surface area contributed by atoms with Gasteiger partial charge in [-0.15, -0.1) is 11.3 Å². The van der Waals surface area contributed by atoms with Gasteiger partial charge in [-0.05, 0) is 44.9 Å². The third-order valence-electron chi connectivity index (χ3n) is 4.42. The second kappa shape index (κ2) is 6.22. The zero-order valence-electron chi connectivity index (χ0n) is 12.3. The highest BCUT2D eigenvalue weighted by molar-refractivity contribution is 7.09. The molecule has 0 bridgehead atoms. The van der Waals surface area contributed by atoms with Gasteiger partial charge in [0.1, 0.15) is 10.6 Å². The molecule has 0 aliphatic heterocycles. The van der Waals surface area contributed by atoms with Crippen molar-refractivity contribution in [2.24, 2.45) is 17.8 Å². The van der Waals surface area contributed by atoms with Crippen molar-refractivity contribution in [1.82, 2.24) is 4.98 Å². The zero-order valence-corrected chi connectivity index (χ0v) is 13.2. The van der Waals surface area contributed by atoms with Crippen molar-refractivity contribution in [3.8, 4) is 0 Å². The Morgan fingerprint density at radius 3 is 2.90 bits per heavy atom. The Morgan fingerprint density at radius 1 is 1.60 bits per heavy atom. The van der Waals surface area contributed by atoms with Crippen LogP contribution in [0.2, 0.25) is 0 Å². The van der Waals surface area contributed by atoms with Crippen LogP contribution < -0.4 is 0 Å². The van der Waals surface area contributed by atoms with Crippen LogP contribution in [0.3, 0.4) is 0 Å². The molecule has 0 aromatic carbocycles. The van der Waals surface area contributed by atoms with Crippen molar-refractivity contribution >= 4 is 17.3 Å². The quantitative estimate of drug-likeness (QED) is 0.868. The van der Waals surface area contributed by atoms with Gasteiger partial charge in [0.05, 0.1) is 12.5 Å². The molecule has 1 aliphatic carbocycles. The highest BCUT2D eigenvalue weighted by Gasteiger charge is 2.42. The number of hydrogen-bond donors (Lipinski definition) is 1. The van der Waals surface area contributed by atoms with Gasteiger partial charge in [0.2, 0.25) is 0 Å². The highest BCUT2D eigenvalue weighted by atomic mass is 32.1. The van der Waals surface area contributed by atoms with E-state index in [2.05, 4.69) is 11.9 Å². The molecule has 1 heterocycles. The van der Waals surface area contributed by atoms with E-state index in [1.54, 1.807) is 6.20 Å². The maximum Gasteiger partial charge on any atom is 0.309 e. The first-order chi connectivity index (χ1) is 9.46. The molecule has 0 amide bonds. The number of carbonyl (C=O) groups is 1. The molecule has 1 N–H and O–H groups in total. The van der Waals surface area contributed by atoms with Gasteiger partial charge in [0, 0.05) is 11.6 Å². The zero-order chi connectivity index (χ0) is 14.8. The number of ether oxygens (including phenoxy) is 1. The number of carbonyl (C=O) groups excluding carboxylic acids is 1. The molecule has 5 heteroatoms. The van der Waals surface area contributed by atoms with Crippen LogP contribution in [-0.2, 0) is 15.1 Å². The summed E-state index contributed by atoms with van der Waals surface area (Å²) in [6.07, 6.45) is 4.17. The molecule has 0 radical (unpaired) electrons. The van der Waals surface area contributed by atoms with E-state index in [0.717, 1.165) is 24.3 Å². The Bertz CT molecular complexity index is 444. The molecule has 0 spiro atoms. The average molecular weight is 297 g/mol. The summed E-state index contributed by atoms with van der Waals surface area (Å²) < 4.78 is 5.13. The van der Waals surface area contributed by atoms with E-state index in [1.165, 1.54) is 11.3 Å². The van der Waals surface area contributed by atoms with E-state index in [9.17, 15) is 9.90 Å². The van der Waals surface area contributed by atoms with E-state index in [0.29, 0.717) is 6.61 Å². The van der Waals surface area contributed by atoms with Crippen molar-refractivity contribution in [2.75, 3.05) is 6.61 Å². The largest absolute Gasteiger partial charge is 0.466 e. The third-order valence-corrected chi connectivity index (χ3v) is 5.42. The lowest BCUT2D eigenvalue weighted by Gasteiger charge is -2.39. The fourth-order valence-electron chi connectivity index (χ4n) is 3.15. The number of esters is 1. The first kappa shape index (κ1) is 15.4. The fourth-order valence-corrected chi connectivity index (χ4v) is 3.93.